The lowest BCUT2D eigenvalue weighted by Crippen LogP contribution is -2.30. The smallest absolute Gasteiger partial charge is 0.340 e. The Labute approximate surface area is 173 Å². The molecule has 0 aliphatic carbocycles. The summed E-state index contributed by atoms with van der Waals surface area (Å²) in [6, 6.07) is 14.2. The van der Waals surface area contributed by atoms with E-state index in [-0.39, 0.29) is 5.69 Å². The predicted octanol–water partition coefficient (Wildman–Crippen LogP) is 4.62. The van der Waals surface area contributed by atoms with E-state index in [9.17, 15) is 18.4 Å². The molecule has 0 aliphatic rings. The monoisotopic (exact) mass is 412 g/mol. The van der Waals surface area contributed by atoms with Crippen molar-refractivity contribution in [3.8, 4) is 0 Å². The molecule has 3 aromatic rings. The molecule has 0 spiro atoms. The Morgan fingerprint density at radius 2 is 1.77 bits per heavy atom. The fourth-order valence-electron chi connectivity index (χ4n) is 3.12. The molecule has 2 aromatic carbocycles. The second kappa shape index (κ2) is 8.90. The van der Waals surface area contributed by atoms with Crippen LogP contribution >= 0.6 is 0 Å². The van der Waals surface area contributed by atoms with E-state index in [1.54, 1.807) is 13.0 Å². The first-order valence-electron chi connectivity index (χ1n) is 9.44. The summed E-state index contributed by atoms with van der Waals surface area (Å²) < 4.78 is 34.2. The number of aryl methyl sites for hydroxylation is 1. The Kier molecular flexibility index (Phi) is 6.30. The van der Waals surface area contributed by atoms with E-state index in [2.05, 4.69) is 5.32 Å². The summed E-state index contributed by atoms with van der Waals surface area (Å²) in [6.45, 7) is 5.66. The van der Waals surface area contributed by atoms with Crippen LogP contribution in [-0.4, -0.2) is 22.5 Å². The molecular weight excluding hydrogens is 390 g/mol. The summed E-state index contributed by atoms with van der Waals surface area (Å²) in [6.07, 6.45) is -1.20. The lowest BCUT2D eigenvalue weighted by molar-refractivity contribution is -0.123. The van der Waals surface area contributed by atoms with Crippen molar-refractivity contribution < 1.29 is 23.1 Å². The first-order chi connectivity index (χ1) is 14.3. The topological polar surface area (TPSA) is 60.3 Å². The van der Waals surface area contributed by atoms with E-state index >= 15 is 0 Å². The van der Waals surface area contributed by atoms with Gasteiger partial charge in [0.2, 0.25) is 0 Å². The van der Waals surface area contributed by atoms with E-state index in [1.165, 1.54) is 6.92 Å². The number of benzene rings is 2. The van der Waals surface area contributed by atoms with Crippen LogP contribution in [0, 0.1) is 25.5 Å². The van der Waals surface area contributed by atoms with Crippen LogP contribution < -0.4 is 5.32 Å². The minimum Gasteiger partial charge on any atom is -0.449 e. The van der Waals surface area contributed by atoms with Crippen LogP contribution in [0.4, 0.5) is 14.5 Å². The minimum absolute atomic E-state index is 0.316. The third-order valence-electron chi connectivity index (χ3n) is 4.82. The second-order valence-corrected chi connectivity index (χ2v) is 7.02. The average Bonchev–Trinajstić information content (AvgIpc) is 2.99. The molecule has 1 aromatic heterocycles. The average molecular weight is 412 g/mol. The van der Waals surface area contributed by atoms with Crippen LogP contribution in [-0.2, 0) is 16.1 Å². The van der Waals surface area contributed by atoms with Crippen molar-refractivity contribution in [2.75, 3.05) is 5.32 Å². The van der Waals surface area contributed by atoms with Crippen molar-refractivity contribution in [1.82, 2.24) is 4.57 Å². The molecule has 0 bridgehead atoms. The van der Waals surface area contributed by atoms with E-state index < -0.39 is 29.6 Å². The summed E-state index contributed by atoms with van der Waals surface area (Å²) in [5.41, 5.74) is 2.71. The summed E-state index contributed by atoms with van der Waals surface area (Å²) in [5, 5.41) is 2.24. The molecule has 1 atom stereocenters. The summed E-state index contributed by atoms with van der Waals surface area (Å²) in [7, 11) is 0. The number of hydrogen-bond acceptors (Lipinski definition) is 3. The molecule has 30 heavy (non-hydrogen) atoms. The van der Waals surface area contributed by atoms with Gasteiger partial charge in [-0.1, -0.05) is 30.3 Å². The highest BCUT2D eigenvalue weighted by Gasteiger charge is 2.23. The molecule has 0 aliphatic heterocycles. The number of hydrogen-bond donors (Lipinski definition) is 1. The molecule has 3 rings (SSSR count). The molecule has 0 fully saturated rings. The summed E-state index contributed by atoms with van der Waals surface area (Å²) in [4.78, 5) is 24.9. The van der Waals surface area contributed by atoms with Crippen molar-refractivity contribution in [2.24, 2.45) is 0 Å². The van der Waals surface area contributed by atoms with Crippen molar-refractivity contribution in [1.29, 1.82) is 0 Å². The van der Waals surface area contributed by atoms with E-state index in [1.807, 2.05) is 41.8 Å². The van der Waals surface area contributed by atoms with Crippen LogP contribution in [0.15, 0.2) is 54.6 Å². The number of anilines is 1. The van der Waals surface area contributed by atoms with Gasteiger partial charge in [0, 0.05) is 24.0 Å². The Hall–Kier alpha value is -3.48. The van der Waals surface area contributed by atoms with Gasteiger partial charge < -0.3 is 14.6 Å². The Morgan fingerprint density at radius 3 is 2.47 bits per heavy atom. The summed E-state index contributed by atoms with van der Waals surface area (Å²) in [5.74, 6) is -2.90. The third-order valence-corrected chi connectivity index (χ3v) is 4.82. The van der Waals surface area contributed by atoms with E-state index in [0.717, 1.165) is 29.5 Å². The van der Waals surface area contributed by atoms with Crippen molar-refractivity contribution >= 4 is 17.6 Å². The summed E-state index contributed by atoms with van der Waals surface area (Å²) >= 11 is 0. The van der Waals surface area contributed by atoms with Gasteiger partial charge in [-0.2, -0.15) is 0 Å². The number of nitrogens with one attached hydrogen (secondary N) is 1. The number of rotatable bonds is 6. The fraction of sp³-hybridized carbons (Fsp3) is 0.217. The van der Waals surface area contributed by atoms with Crippen molar-refractivity contribution in [2.45, 2.75) is 33.4 Å². The number of halogens is 2. The zero-order valence-electron chi connectivity index (χ0n) is 16.9. The van der Waals surface area contributed by atoms with Crippen LogP contribution in [0.3, 0.4) is 0 Å². The lowest BCUT2D eigenvalue weighted by Gasteiger charge is -2.14. The maximum Gasteiger partial charge on any atom is 0.340 e. The standard InChI is InChI=1S/C23H22F2N2O3/c1-14-11-19(15(2)27(14)13-17-7-5-4-6-8-17)23(29)30-16(3)22(28)26-21-12-18(24)9-10-20(21)25/h4-12,16H,13H2,1-3H3,(H,26,28)/t16-/m0/s1. The Balaban J connectivity index is 1.70. The molecule has 7 heteroatoms. The molecule has 1 N–H and O–H groups in total. The van der Waals surface area contributed by atoms with E-state index in [4.69, 9.17) is 4.74 Å². The molecule has 0 saturated carbocycles. The van der Waals surface area contributed by atoms with Gasteiger partial charge in [0.1, 0.15) is 11.6 Å². The van der Waals surface area contributed by atoms with Crippen LogP contribution in [0.5, 0.6) is 0 Å². The van der Waals surface area contributed by atoms with Gasteiger partial charge in [0.15, 0.2) is 6.10 Å². The van der Waals surface area contributed by atoms with Crippen LogP contribution in [0.2, 0.25) is 0 Å². The predicted molar refractivity (Wildman–Crippen MR) is 109 cm³/mol. The zero-order chi connectivity index (χ0) is 21.8. The maximum absolute atomic E-state index is 13.7. The Morgan fingerprint density at radius 1 is 1.07 bits per heavy atom. The highest BCUT2D eigenvalue weighted by atomic mass is 19.1. The SMILES string of the molecule is Cc1cc(C(=O)O[C@@H](C)C(=O)Nc2cc(F)ccc2F)c(C)n1Cc1ccccc1. The van der Waals surface area contributed by atoms with Gasteiger partial charge in [-0.25, -0.2) is 13.6 Å². The van der Waals surface area contributed by atoms with E-state index in [0.29, 0.717) is 17.8 Å². The molecule has 156 valence electrons. The molecule has 1 heterocycles. The molecule has 1 amide bonds. The molecule has 0 unspecified atom stereocenters. The van der Waals surface area contributed by atoms with Gasteiger partial charge in [0.25, 0.3) is 5.91 Å². The number of carbonyl (C=O) groups excluding carboxylic acids is 2. The molecule has 5 nitrogen and oxygen atoms in total. The number of ether oxygens (including phenoxy) is 1. The largest absolute Gasteiger partial charge is 0.449 e. The van der Waals surface area contributed by atoms with Crippen LogP contribution in [0.25, 0.3) is 0 Å². The van der Waals surface area contributed by atoms with Gasteiger partial charge in [0.05, 0.1) is 11.3 Å². The zero-order valence-corrected chi connectivity index (χ0v) is 16.9. The quantitative estimate of drug-likeness (QED) is 0.601. The molecule has 0 radical (unpaired) electrons. The van der Waals surface area contributed by atoms with Gasteiger partial charge >= 0.3 is 5.97 Å². The number of nitrogens with zero attached hydrogens (tertiary/aromatic N) is 1. The molecule has 0 saturated heterocycles. The highest BCUT2D eigenvalue weighted by molar-refractivity contribution is 5.97. The van der Waals surface area contributed by atoms with Crippen molar-refractivity contribution in [3.05, 3.63) is 88.7 Å². The highest BCUT2D eigenvalue weighted by Crippen LogP contribution is 2.20. The Bertz CT molecular complexity index is 1080. The third kappa shape index (κ3) is 4.74. The second-order valence-electron chi connectivity index (χ2n) is 7.02. The number of amides is 1. The first-order valence-corrected chi connectivity index (χ1v) is 9.44. The number of carbonyl (C=O) groups is 2. The molecular formula is C23H22F2N2O3. The van der Waals surface area contributed by atoms with Gasteiger partial charge in [-0.05, 0) is 44.5 Å². The van der Waals surface area contributed by atoms with Gasteiger partial charge in [-0.15, -0.1) is 0 Å². The first kappa shape index (κ1) is 21.2. The fourth-order valence-corrected chi connectivity index (χ4v) is 3.12. The van der Waals surface area contributed by atoms with Gasteiger partial charge in [-0.3, -0.25) is 4.79 Å². The number of aromatic nitrogens is 1. The lowest BCUT2D eigenvalue weighted by atomic mass is 10.2. The van der Waals surface area contributed by atoms with Crippen molar-refractivity contribution in [3.63, 3.8) is 0 Å². The van der Waals surface area contributed by atoms with Crippen LogP contribution in [0.1, 0.15) is 34.2 Å². The minimum atomic E-state index is -1.20. The normalized spacial score (nSPS) is 11.8. The number of esters is 1. The maximum atomic E-state index is 13.7.